The molecule has 1 N–H and O–H groups in total. The van der Waals surface area contributed by atoms with Gasteiger partial charge in [-0.25, -0.2) is 4.39 Å². The van der Waals surface area contributed by atoms with Crippen LogP contribution in [0.2, 0.25) is 0 Å². The van der Waals surface area contributed by atoms with Crippen molar-refractivity contribution in [1.29, 1.82) is 0 Å². The van der Waals surface area contributed by atoms with Crippen LogP contribution < -0.4 is 5.32 Å². The Hall–Kier alpha value is -2.08. The van der Waals surface area contributed by atoms with Gasteiger partial charge in [0, 0.05) is 12.3 Å². The minimum atomic E-state index is -0.372. The zero-order valence-corrected chi connectivity index (χ0v) is 10.2. The maximum Gasteiger partial charge on any atom is 0.250 e. The maximum atomic E-state index is 12.9. The van der Waals surface area contributed by atoms with Crippen molar-refractivity contribution < 1.29 is 8.91 Å². The largest absolute Gasteiger partial charge is 0.335 e. The van der Waals surface area contributed by atoms with E-state index in [1.807, 2.05) is 0 Å². The van der Waals surface area contributed by atoms with Gasteiger partial charge in [-0.2, -0.15) is 4.98 Å². The summed E-state index contributed by atoms with van der Waals surface area (Å²) < 4.78 is 18.1. The molecule has 0 amide bonds. The molecule has 0 aliphatic carbocycles. The van der Waals surface area contributed by atoms with Gasteiger partial charge in [0.15, 0.2) is 5.82 Å². The molecule has 1 aliphatic rings. The predicted octanol–water partition coefficient (Wildman–Crippen LogP) is 2.20. The lowest BCUT2D eigenvalue weighted by Gasteiger charge is -2.01. The van der Waals surface area contributed by atoms with E-state index in [-0.39, 0.29) is 11.9 Å². The second-order valence-corrected chi connectivity index (χ2v) is 4.41. The summed E-state index contributed by atoms with van der Waals surface area (Å²) in [7, 11) is 0. The van der Waals surface area contributed by atoms with E-state index in [2.05, 4.69) is 20.4 Å². The predicted molar refractivity (Wildman–Crippen MR) is 67.4 cm³/mol. The van der Waals surface area contributed by atoms with Crippen LogP contribution in [0.5, 0.6) is 0 Å². The normalized spacial score (nSPS) is 19.3. The van der Waals surface area contributed by atoms with Crippen LogP contribution in [0.1, 0.15) is 36.2 Å². The molecule has 0 bridgehead atoms. The van der Waals surface area contributed by atoms with Crippen molar-refractivity contribution in [3.63, 3.8) is 0 Å². The van der Waals surface area contributed by atoms with Crippen molar-refractivity contribution in [3.8, 4) is 0 Å². The van der Waals surface area contributed by atoms with E-state index in [0.29, 0.717) is 17.3 Å². The molecule has 1 saturated heterocycles. The Morgan fingerprint density at radius 3 is 3.11 bits per heavy atom. The van der Waals surface area contributed by atoms with Crippen LogP contribution in [0.4, 0.5) is 4.39 Å². The molecule has 3 rings (SSSR count). The Morgan fingerprint density at radius 2 is 2.32 bits per heavy atom. The lowest BCUT2D eigenvalue weighted by Crippen LogP contribution is -2.14. The highest BCUT2D eigenvalue weighted by Gasteiger charge is 2.20. The summed E-state index contributed by atoms with van der Waals surface area (Å²) in [5.74, 6) is 0.714. The summed E-state index contributed by atoms with van der Waals surface area (Å²) in [4.78, 5) is 8.05. The van der Waals surface area contributed by atoms with Gasteiger partial charge in [0.2, 0.25) is 0 Å². The molecular formula is C13H13FN4O. The van der Waals surface area contributed by atoms with Crippen LogP contribution in [0.3, 0.4) is 0 Å². The number of hydrogen-bond acceptors (Lipinski definition) is 5. The van der Waals surface area contributed by atoms with Gasteiger partial charge < -0.3 is 9.84 Å². The number of pyridine rings is 1. The first kappa shape index (κ1) is 12.0. The average Bonchev–Trinajstić information content (AvgIpc) is 3.07. The fourth-order valence-electron chi connectivity index (χ4n) is 2.05. The first-order valence-corrected chi connectivity index (χ1v) is 6.17. The fourth-order valence-corrected chi connectivity index (χ4v) is 2.05. The van der Waals surface area contributed by atoms with Gasteiger partial charge in [-0.1, -0.05) is 5.16 Å². The summed E-state index contributed by atoms with van der Waals surface area (Å²) in [6.07, 6.45) is 8.22. The molecule has 19 heavy (non-hydrogen) atoms. The summed E-state index contributed by atoms with van der Waals surface area (Å²) in [5.41, 5.74) is 0.652. The molecule has 0 radical (unpaired) electrons. The molecule has 0 saturated carbocycles. The second-order valence-electron chi connectivity index (χ2n) is 4.41. The van der Waals surface area contributed by atoms with Crippen LogP contribution in [0.15, 0.2) is 23.0 Å². The molecule has 2 aromatic rings. The molecular weight excluding hydrogens is 247 g/mol. The number of nitrogens with one attached hydrogen (secondary N) is 1. The van der Waals surface area contributed by atoms with Gasteiger partial charge in [-0.05, 0) is 37.1 Å². The first-order valence-electron chi connectivity index (χ1n) is 6.17. The molecule has 1 fully saturated rings. The van der Waals surface area contributed by atoms with Crippen LogP contribution in [0, 0.1) is 5.82 Å². The minimum absolute atomic E-state index is 0.182. The third-order valence-electron chi connectivity index (χ3n) is 2.97. The van der Waals surface area contributed by atoms with Crippen molar-refractivity contribution in [2.75, 3.05) is 6.54 Å². The van der Waals surface area contributed by atoms with Crippen LogP contribution >= 0.6 is 0 Å². The lowest BCUT2D eigenvalue weighted by molar-refractivity contribution is 0.395. The summed E-state index contributed by atoms with van der Waals surface area (Å²) in [5, 5.41) is 7.24. The van der Waals surface area contributed by atoms with Gasteiger partial charge in [0.1, 0.15) is 5.82 Å². The van der Waals surface area contributed by atoms with Crippen LogP contribution in [-0.2, 0) is 0 Å². The molecule has 6 heteroatoms. The zero-order valence-electron chi connectivity index (χ0n) is 10.2. The number of rotatable bonds is 3. The number of halogens is 1. The van der Waals surface area contributed by atoms with Crippen molar-refractivity contribution in [2.45, 2.75) is 18.9 Å². The molecule has 1 unspecified atom stereocenters. The molecule has 0 spiro atoms. The van der Waals surface area contributed by atoms with Gasteiger partial charge in [0.25, 0.3) is 5.89 Å². The Kier molecular flexibility index (Phi) is 3.33. The fraction of sp³-hybridized carbons (Fsp3) is 0.308. The molecule has 2 aromatic heterocycles. The van der Waals surface area contributed by atoms with Gasteiger partial charge in [-0.3, -0.25) is 4.98 Å². The highest BCUT2D eigenvalue weighted by atomic mass is 19.1. The van der Waals surface area contributed by atoms with Crippen molar-refractivity contribution in [2.24, 2.45) is 0 Å². The second kappa shape index (κ2) is 5.27. The SMILES string of the molecule is Fc1cncc(C=Cc2nc(C3CCCN3)no2)c1. The summed E-state index contributed by atoms with van der Waals surface area (Å²) in [6.45, 7) is 0.985. The van der Waals surface area contributed by atoms with E-state index < -0.39 is 0 Å². The third-order valence-corrected chi connectivity index (χ3v) is 2.97. The summed E-state index contributed by atoms with van der Waals surface area (Å²) in [6, 6.07) is 1.57. The van der Waals surface area contributed by atoms with Crippen molar-refractivity contribution in [1.82, 2.24) is 20.4 Å². The Bertz CT molecular complexity index is 590. The van der Waals surface area contributed by atoms with E-state index in [1.54, 1.807) is 18.3 Å². The van der Waals surface area contributed by atoms with Gasteiger partial charge in [-0.15, -0.1) is 0 Å². The Morgan fingerprint density at radius 1 is 1.37 bits per heavy atom. The lowest BCUT2D eigenvalue weighted by atomic mass is 10.2. The molecule has 1 aliphatic heterocycles. The van der Waals surface area contributed by atoms with Gasteiger partial charge in [0.05, 0.1) is 12.2 Å². The molecule has 98 valence electrons. The maximum absolute atomic E-state index is 12.9. The standard InChI is InChI=1S/C13H13FN4O/c14-10-6-9(7-15-8-10)3-4-12-17-13(18-19-12)11-2-1-5-16-11/h3-4,6-8,11,16H,1-2,5H2. The molecule has 3 heterocycles. The highest BCUT2D eigenvalue weighted by molar-refractivity contribution is 5.65. The summed E-state index contributed by atoms with van der Waals surface area (Å²) >= 11 is 0. The third kappa shape index (κ3) is 2.85. The van der Waals surface area contributed by atoms with Crippen LogP contribution in [-0.4, -0.2) is 21.7 Å². The van der Waals surface area contributed by atoms with Crippen molar-refractivity contribution >= 4 is 12.2 Å². The molecule has 5 nitrogen and oxygen atoms in total. The highest BCUT2D eigenvalue weighted by Crippen LogP contribution is 2.20. The van der Waals surface area contributed by atoms with Crippen LogP contribution in [0.25, 0.3) is 12.2 Å². The van der Waals surface area contributed by atoms with E-state index in [4.69, 9.17) is 4.52 Å². The monoisotopic (exact) mass is 260 g/mol. The number of aromatic nitrogens is 3. The smallest absolute Gasteiger partial charge is 0.250 e. The molecule has 0 aromatic carbocycles. The quantitative estimate of drug-likeness (QED) is 0.916. The van der Waals surface area contributed by atoms with E-state index in [1.165, 1.54) is 6.07 Å². The molecule has 1 atom stereocenters. The Labute approximate surface area is 109 Å². The van der Waals surface area contributed by atoms with E-state index >= 15 is 0 Å². The number of nitrogens with zero attached hydrogens (tertiary/aromatic N) is 3. The zero-order chi connectivity index (χ0) is 13.1. The minimum Gasteiger partial charge on any atom is -0.335 e. The Balaban J connectivity index is 1.73. The number of hydrogen-bond donors (Lipinski definition) is 1. The first-order chi connectivity index (χ1) is 9.31. The van der Waals surface area contributed by atoms with Crippen molar-refractivity contribution in [3.05, 3.63) is 41.6 Å². The van der Waals surface area contributed by atoms with E-state index in [9.17, 15) is 4.39 Å². The topological polar surface area (TPSA) is 63.8 Å². The van der Waals surface area contributed by atoms with Gasteiger partial charge >= 0.3 is 0 Å². The van der Waals surface area contributed by atoms with E-state index in [0.717, 1.165) is 25.6 Å². The average molecular weight is 260 g/mol.